The molecule has 2 unspecified atom stereocenters. The van der Waals surface area contributed by atoms with Crippen molar-refractivity contribution in [2.24, 2.45) is 11.3 Å². The molecule has 3 rings (SSSR count). The maximum Gasteiger partial charge on any atom is 0.243 e. The highest BCUT2D eigenvalue weighted by Crippen LogP contribution is 2.30. The van der Waals surface area contributed by atoms with Crippen LogP contribution in [0.1, 0.15) is 45.4 Å². The number of hydrogen-bond donors (Lipinski definition) is 2. The molecule has 0 saturated carbocycles. The van der Waals surface area contributed by atoms with Crippen LogP contribution in [0, 0.1) is 18.3 Å². The molecule has 30 heavy (non-hydrogen) atoms. The van der Waals surface area contributed by atoms with E-state index in [-0.39, 0.29) is 36.1 Å². The smallest absolute Gasteiger partial charge is 0.243 e. The number of carbonyl (C=O) groups excluding carboxylic acids is 2. The molecule has 2 amide bonds. The summed E-state index contributed by atoms with van der Waals surface area (Å²) in [6.45, 7) is 10.3. The highest BCUT2D eigenvalue weighted by molar-refractivity contribution is 5.89. The first-order chi connectivity index (χ1) is 14.1. The number of aliphatic hydroxyl groups excluding tert-OH is 1. The summed E-state index contributed by atoms with van der Waals surface area (Å²) in [5.41, 5.74) is 2.47. The molecule has 1 aromatic heterocycles. The van der Waals surface area contributed by atoms with E-state index < -0.39 is 12.1 Å². The molecular weight excluding hydrogens is 382 g/mol. The number of nitrogens with zero attached hydrogens (tertiary/aromatic N) is 2. The Labute approximate surface area is 177 Å². The molecule has 0 radical (unpaired) electrons. The molecule has 2 heterocycles. The SMILES string of the molecule is Cc1ncoc1-c1ccc(CNC(=O)C2C[C@@H](O)CN2C(=O)C(C)C(C)(C)C)cc1. The first-order valence-electron chi connectivity index (χ1n) is 10.3. The minimum absolute atomic E-state index is 0.0917. The van der Waals surface area contributed by atoms with Crippen molar-refractivity contribution in [2.75, 3.05) is 6.54 Å². The van der Waals surface area contributed by atoms with Crippen LogP contribution in [0.3, 0.4) is 0 Å². The molecule has 0 bridgehead atoms. The zero-order valence-electron chi connectivity index (χ0n) is 18.3. The summed E-state index contributed by atoms with van der Waals surface area (Å²) in [5.74, 6) is 0.153. The number of benzene rings is 1. The van der Waals surface area contributed by atoms with Gasteiger partial charge in [-0.2, -0.15) is 0 Å². The number of hydrogen-bond acceptors (Lipinski definition) is 5. The number of aliphatic hydroxyl groups is 1. The van der Waals surface area contributed by atoms with Crippen molar-refractivity contribution in [3.8, 4) is 11.3 Å². The van der Waals surface area contributed by atoms with Crippen molar-refractivity contribution in [1.29, 1.82) is 0 Å². The molecule has 1 fully saturated rings. The Morgan fingerprint density at radius 3 is 2.53 bits per heavy atom. The van der Waals surface area contributed by atoms with Gasteiger partial charge < -0.3 is 19.7 Å². The van der Waals surface area contributed by atoms with Gasteiger partial charge in [0.1, 0.15) is 6.04 Å². The fourth-order valence-corrected chi connectivity index (χ4v) is 3.58. The summed E-state index contributed by atoms with van der Waals surface area (Å²) >= 11 is 0. The second kappa shape index (κ2) is 8.60. The van der Waals surface area contributed by atoms with Crippen molar-refractivity contribution in [3.63, 3.8) is 0 Å². The summed E-state index contributed by atoms with van der Waals surface area (Å²) in [6.07, 6.45) is 1.00. The van der Waals surface area contributed by atoms with Gasteiger partial charge in [-0.05, 0) is 17.9 Å². The molecule has 1 saturated heterocycles. The average Bonchev–Trinajstić information content (AvgIpc) is 3.30. The minimum Gasteiger partial charge on any atom is -0.443 e. The molecule has 7 heteroatoms. The van der Waals surface area contributed by atoms with Gasteiger partial charge in [0.25, 0.3) is 0 Å². The van der Waals surface area contributed by atoms with Crippen molar-refractivity contribution in [3.05, 3.63) is 41.9 Å². The molecule has 162 valence electrons. The molecule has 1 aliphatic rings. The van der Waals surface area contributed by atoms with Crippen LogP contribution in [0.5, 0.6) is 0 Å². The zero-order chi connectivity index (χ0) is 22.1. The van der Waals surface area contributed by atoms with Gasteiger partial charge in [0.2, 0.25) is 11.8 Å². The van der Waals surface area contributed by atoms with E-state index in [9.17, 15) is 14.7 Å². The topological polar surface area (TPSA) is 95.7 Å². The highest BCUT2D eigenvalue weighted by atomic mass is 16.3. The minimum atomic E-state index is -0.679. The Morgan fingerprint density at radius 1 is 1.30 bits per heavy atom. The second-order valence-corrected chi connectivity index (χ2v) is 9.17. The van der Waals surface area contributed by atoms with Crippen LogP contribution in [0.2, 0.25) is 0 Å². The second-order valence-electron chi connectivity index (χ2n) is 9.17. The number of oxazole rings is 1. The number of β-amino-alcohol motifs (C(OH)–C–C–N with tert-alkyl or cyclic N) is 1. The van der Waals surface area contributed by atoms with E-state index in [1.807, 2.05) is 58.9 Å². The number of aryl methyl sites for hydroxylation is 1. The fraction of sp³-hybridized carbons (Fsp3) is 0.522. The maximum atomic E-state index is 12.9. The van der Waals surface area contributed by atoms with Crippen LogP contribution in [0.25, 0.3) is 11.3 Å². The van der Waals surface area contributed by atoms with Gasteiger partial charge in [0, 0.05) is 31.0 Å². The molecule has 0 aliphatic carbocycles. The number of rotatable bonds is 5. The Balaban J connectivity index is 1.63. The van der Waals surface area contributed by atoms with E-state index in [0.29, 0.717) is 6.54 Å². The Hall–Kier alpha value is -2.67. The maximum absolute atomic E-state index is 12.9. The third kappa shape index (κ3) is 4.73. The van der Waals surface area contributed by atoms with Crippen molar-refractivity contribution >= 4 is 11.8 Å². The van der Waals surface area contributed by atoms with Gasteiger partial charge in [0.05, 0.1) is 11.8 Å². The lowest BCUT2D eigenvalue weighted by molar-refractivity contribution is -0.144. The van der Waals surface area contributed by atoms with E-state index in [1.54, 1.807) is 0 Å². The lowest BCUT2D eigenvalue weighted by Crippen LogP contribution is -2.49. The lowest BCUT2D eigenvalue weighted by Gasteiger charge is -2.32. The van der Waals surface area contributed by atoms with Gasteiger partial charge in [-0.1, -0.05) is 52.0 Å². The van der Waals surface area contributed by atoms with Crippen molar-refractivity contribution in [2.45, 2.75) is 59.7 Å². The molecule has 7 nitrogen and oxygen atoms in total. The van der Waals surface area contributed by atoms with Gasteiger partial charge in [-0.3, -0.25) is 9.59 Å². The van der Waals surface area contributed by atoms with Crippen LogP contribution in [0.15, 0.2) is 35.1 Å². The monoisotopic (exact) mass is 413 g/mol. The van der Waals surface area contributed by atoms with Gasteiger partial charge in [-0.15, -0.1) is 0 Å². The number of amides is 2. The quantitative estimate of drug-likeness (QED) is 0.786. The Bertz CT molecular complexity index is 898. The highest BCUT2D eigenvalue weighted by Gasteiger charge is 2.42. The van der Waals surface area contributed by atoms with Crippen LogP contribution < -0.4 is 5.32 Å². The van der Waals surface area contributed by atoms with Crippen LogP contribution in [-0.2, 0) is 16.1 Å². The van der Waals surface area contributed by atoms with E-state index in [2.05, 4.69) is 10.3 Å². The molecule has 2 aromatic rings. The lowest BCUT2D eigenvalue weighted by atomic mass is 9.81. The van der Waals surface area contributed by atoms with Gasteiger partial charge in [-0.25, -0.2) is 4.98 Å². The summed E-state index contributed by atoms with van der Waals surface area (Å²) < 4.78 is 5.40. The van der Waals surface area contributed by atoms with Crippen LogP contribution in [0.4, 0.5) is 0 Å². The molecule has 1 aliphatic heterocycles. The summed E-state index contributed by atoms with van der Waals surface area (Å²) in [4.78, 5) is 31.4. The first-order valence-corrected chi connectivity index (χ1v) is 10.3. The normalized spacial score (nSPS) is 20.3. The number of nitrogens with one attached hydrogen (secondary N) is 1. The number of aromatic nitrogens is 1. The van der Waals surface area contributed by atoms with Crippen molar-refractivity contribution in [1.82, 2.24) is 15.2 Å². The standard InChI is InChI=1S/C23H31N3O4/c1-14(23(3,4)5)22(29)26-12-18(27)10-19(26)21(28)24-11-16-6-8-17(9-7-16)20-15(2)25-13-30-20/h6-9,13-14,18-19,27H,10-12H2,1-5H3,(H,24,28)/t14?,18-,19?/m1/s1. The molecular formula is C23H31N3O4. The molecule has 2 N–H and O–H groups in total. The Kier molecular flexibility index (Phi) is 6.31. The third-order valence-electron chi connectivity index (χ3n) is 5.96. The summed E-state index contributed by atoms with van der Waals surface area (Å²) in [6, 6.07) is 7.05. The van der Waals surface area contributed by atoms with Crippen molar-refractivity contribution < 1.29 is 19.1 Å². The Morgan fingerprint density at radius 2 is 1.97 bits per heavy atom. The van der Waals surface area contributed by atoms with Gasteiger partial charge in [0.15, 0.2) is 12.2 Å². The van der Waals surface area contributed by atoms with E-state index in [1.165, 1.54) is 11.3 Å². The number of likely N-dealkylation sites (tertiary alicyclic amines) is 1. The predicted molar refractivity (Wildman–Crippen MR) is 113 cm³/mol. The van der Waals surface area contributed by atoms with E-state index in [4.69, 9.17) is 4.42 Å². The molecule has 3 atom stereocenters. The largest absolute Gasteiger partial charge is 0.443 e. The van der Waals surface area contributed by atoms with Gasteiger partial charge >= 0.3 is 0 Å². The first kappa shape index (κ1) is 22.0. The van der Waals surface area contributed by atoms with E-state index >= 15 is 0 Å². The van der Waals surface area contributed by atoms with E-state index in [0.717, 1.165) is 22.6 Å². The third-order valence-corrected chi connectivity index (χ3v) is 5.96. The fourth-order valence-electron chi connectivity index (χ4n) is 3.58. The molecule has 1 aromatic carbocycles. The summed E-state index contributed by atoms with van der Waals surface area (Å²) in [7, 11) is 0. The predicted octanol–water partition coefficient (Wildman–Crippen LogP) is 2.91. The zero-order valence-corrected chi connectivity index (χ0v) is 18.3. The van der Waals surface area contributed by atoms with Crippen LogP contribution >= 0.6 is 0 Å². The average molecular weight is 414 g/mol. The van der Waals surface area contributed by atoms with Crippen LogP contribution in [-0.4, -0.2) is 45.5 Å². The number of carbonyl (C=O) groups is 2. The summed E-state index contributed by atoms with van der Waals surface area (Å²) in [5, 5.41) is 13.0. The molecule has 0 spiro atoms.